The van der Waals surface area contributed by atoms with Gasteiger partial charge in [-0.3, -0.25) is 4.79 Å². The van der Waals surface area contributed by atoms with Gasteiger partial charge < -0.3 is 15.7 Å². The van der Waals surface area contributed by atoms with Gasteiger partial charge in [0.2, 0.25) is 0 Å². The molecule has 0 saturated heterocycles. The molecular weight excluding hydrogens is 256 g/mol. The number of carbonyl (C=O) groups is 2. The monoisotopic (exact) mass is 282 g/mol. The zero-order valence-corrected chi connectivity index (χ0v) is 12.4. The van der Waals surface area contributed by atoms with E-state index in [2.05, 4.69) is 10.6 Å². The van der Waals surface area contributed by atoms with Gasteiger partial charge in [0.15, 0.2) is 0 Å². The maximum Gasteiger partial charge on any atom is 0.314 e. The molecule has 1 unspecified atom stereocenters. The highest BCUT2D eigenvalue weighted by Gasteiger charge is 2.41. The van der Waals surface area contributed by atoms with Crippen LogP contribution in [0.25, 0.3) is 0 Å². The van der Waals surface area contributed by atoms with Crippen LogP contribution < -0.4 is 10.6 Å². The summed E-state index contributed by atoms with van der Waals surface area (Å²) in [6.07, 6.45) is 5.71. The molecule has 2 saturated carbocycles. The quantitative estimate of drug-likeness (QED) is 0.638. The molecule has 0 aromatic carbocycles. The fraction of sp³-hybridized carbons (Fsp3) is 0.867. The first kappa shape index (κ1) is 15.1. The SMILES string of the molecule is CCC(C)(CNC(=O)NCC(C1CC1)C1CC1)C(=O)O. The zero-order chi connectivity index (χ0) is 14.8. The van der Waals surface area contributed by atoms with Crippen molar-refractivity contribution in [1.29, 1.82) is 0 Å². The number of urea groups is 1. The van der Waals surface area contributed by atoms with Crippen molar-refractivity contribution >= 4 is 12.0 Å². The van der Waals surface area contributed by atoms with Crippen LogP contribution in [0.15, 0.2) is 0 Å². The van der Waals surface area contributed by atoms with E-state index in [4.69, 9.17) is 5.11 Å². The average molecular weight is 282 g/mol. The summed E-state index contributed by atoms with van der Waals surface area (Å²) in [5, 5.41) is 14.8. The number of carboxylic acid groups (broad SMARTS) is 1. The van der Waals surface area contributed by atoms with E-state index in [0.717, 1.165) is 18.4 Å². The number of carboxylic acids is 1. The molecule has 114 valence electrons. The molecule has 1 atom stereocenters. The number of hydrogen-bond donors (Lipinski definition) is 3. The number of nitrogens with one attached hydrogen (secondary N) is 2. The predicted molar refractivity (Wildman–Crippen MR) is 76.4 cm³/mol. The van der Waals surface area contributed by atoms with Crippen LogP contribution in [0.2, 0.25) is 0 Å². The first-order chi connectivity index (χ1) is 9.46. The van der Waals surface area contributed by atoms with Crippen molar-refractivity contribution in [3.05, 3.63) is 0 Å². The lowest BCUT2D eigenvalue weighted by atomic mass is 9.88. The highest BCUT2D eigenvalue weighted by Crippen LogP contribution is 2.48. The molecule has 2 rings (SSSR count). The molecule has 2 amide bonds. The van der Waals surface area contributed by atoms with Gasteiger partial charge in [0.1, 0.15) is 0 Å². The Morgan fingerprint density at radius 2 is 1.75 bits per heavy atom. The third-order valence-electron chi connectivity index (χ3n) is 4.89. The van der Waals surface area contributed by atoms with Gasteiger partial charge in [-0.1, -0.05) is 6.92 Å². The minimum atomic E-state index is -0.885. The molecule has 0 heterocycles. The van der Waals surface area contributed by atoms with Crippen molar-refractivity contribution in [3.8, 4) is 0 Å². The Kier molecular flexibility index (Phi) is 4.55. The average Bonchev–Trinajstić information content (AvgIpc) is 3.27. The summed E-state index contributed by atoms with van der Waals surface area (Å²) in [6, 6.07) is -0.239. The Hall–Kier alpha value is -1.26. The summed E-state index contributed by atoms with van der Waals surface area (Å²) in [7, 11) is 0. The van der Waals surface area contributed by atoms with E-state index in [9.17, 15) is 9.59 Å². The van der Waals surface area contributed by atoms with Crippen LogP contribution in [0.3, 0.4) is 0 Å². The minimum absolute atomic E-state index is 0.169. The standard InChI is InChI=1S/C15H26N2O3/c1-3-15(2,13(18)19)9-17-14(20)16-8-12(10-4-5-10)11-6-7-11/h10-12H,3-9H2,1-2H3,(H,18,19)(H2,16,17,20). The van der Waals surface area contributed by atoms with Crippen LogP contribution in [-0.4, -0.2) is 30.2 Å². The summed E-state index contributed by atoms with van der Waals surface area (Å²) in [5.41, 5.74) is -0.885. The third-order valence-corrected chi connectivity index (χ3v) is 4.89. The number of aliphatic carboxylic acids is 1. The molecule has 0 bridgehead atoms. The van der Waals surface area contributed by atoms with E-state index in [-0.39, 0.29) is 12.6 Å². The van der Waals surface area contributed by atoms with E-state index in [0.29, 0.717) is 12.3 Å². The van der Waals surface area contributed by atoms with Crippen LogP contribution in [0, 0.1) is 23.2 Å². The molecular formula is C15H26N2O3. The van der Waals surface area contributed by atoms with E-state index in [1.807, 2.05) is 6.92 Å². The molecule has 3 N–H and O–H groups in total. The molecule has 0 spiro atoms. The van der Waals surface area contributed by atoms with Crippen molar-refractivity contribution in [3.63, 3.8) is 0 Å². The molecule has 0 aromatic heterocycles. The molecule has 2 fully saturated rings. The number of carbonyl (C=O) groups excluding carboxylic acids is 1. The van der Waals surface area contributed by atoms with Gasteiger partial charge >= 0.3 is 12.0 Å². The van der Waals surface area contributed by atoms with Crippen LogP contribution in [0.4, 0.5) is 4.79 Å². The van der Waals surface area contributed by atoms with Crippen molar-refractivity contribution in [2.45, 2.75) is 46.0 Å². The summed E-state index contributed by atoms with van der Waals surface area (Å²) in [5.74, 6) is 1.39. The van der Waals surface area contributed by atoms with E-state index in [1.165, 1.54) is 25.7 Å². The van der Waals surface area contributed by atoms with Crippen molar-refractivity contribution < 1.29 is 14.7 Å². The molecule has 2 aliphatic carbocycles. The summed E-state index contributed by atoms with van der Waals surface area (Å²) < 4.78 is 0. The fourth-order valence-corrected chi connectivity index (χ4v) is 2.67. The smallest absolute Gasteiger partial charge is 0.314 e. The lowest BCUT2D eigenvalue weighted by molar-refractivity contribution is -0.147. The summed E-state index contributed by atoms with van der Waals surface area (Å²) >= 11 is 0. The Labute approximate surface area is 120 Å². The number of amides is 2. The van der Waals surface area contributed by atoms with Crippen LogP contribution in [0.5, 0.6) is 0 Å². The van der Waals surface area contributed by atoms with Gasteiger partial charge in [0, 0.05) is 13.1 Å². The van der Waals surface area contributed by atoms with Gasteiger partial charge in [0.25, 0.3) is 0 Å². The lowest BCUT2D eigenvalue weighted by Gasteiger charge is -2.24. The Bertz CT molecular complexity index is 365. The van der Waals surface area contributed by atoms with Gasteiger partial charge in [-0.25, -0.2) is 4.79 Å². The Morgan fingerprint density at radius 3 is 2.15 bits per heavy atom. The molecule has 0 aromatic rings. The van der Waals surface area contributed by atoms with Crippen molar-refractivity contribution in [2.24, 2.45) is 23.2 Å². The minimum Gasteiger partial charge on any atom is -0.481 e. The number of hydrogen-bond acceptors (Lipinski definition) is 2. The summed E-state index contributed by atoms with van der Waals surface area (Å²) in [4.78, 5) is 23.0. The van der Waals surface area contributed by atoms with Crippen LogP contribution in [0.1, 0.15) is 46.0 Å². The van der Waals surface area contributed by atoms with E-state index >= 15 is 0 Å². The second kappa shape index (κ2) is 6.02. The molecule has 0 radical (unpaired) electrons. The fourth-order valence-electron chi connectivity index (χ4n) is 2.67. The lowest BCUT2D eigenvalue weighted by Crippen LogP contribution is -2.45. The largest absolute Gasteiger partial charge is 0.481 e. The first-order valence-corrected chi connectivity index (χ1v) is 7.71. The summed E-state index contributed by atoms with van der Waals surface area (Å²) in [6.45, 7) is 4.38. The van der Waals surface area contributed by atoms with Crippen LogP contribution >= 0.6 is 0 Å². The van der Waals surface area contributed by atoms with Crippen molar-refractivity contribution in [1.82, 2.24) is 10.6 Å². The van der Waals surface area contributed by atoms with E-state index in [1.54, 1.807) is 6.92 Å². The highest BCUT2D eigenvalue weighted by molar-refractivity contribution is 5.77. The highest BCUT2D eigenvalue weighted by atomic mass is 16.4. The van der Waals surface area contributed by atoms with Gasteiger partial charge in [-0.05, 0) is 56.8 Å². The van der Waals surface area contributed by atoms with Gasteiger partial charge in [-0.15, -0.1) is 0 Å². The normalized spacial score (nSPS) is 21.4. The second-order valence-electron chi connectivity index (χ2n) is 6.62. The predicted octanol–water partition coefficient (Wildman–Crippen LogP) is 2.22. The Morgan fingerprint density at radius 1 is 1.20 bits per heavy atom. The molecule has 2 aliphatic rings. The van der Waals surface area contributed by atoms with Gasteiger partial charge in [-0.2, -0.15) is 0 Å². The second-order valence-corrected chi connectivity index (χ2v) is 6.62. The number of rotatable bonds is 8. The first-order valence-electron chi connectivity index (χ1n) is 7.71. The molecule has 5 nitrogen and oxygen atoms in total. The molecule has 0 aliphatic heterocycles. The van der Waals surface area contributed by atoms with Gasteiger partial charge in [0.05, 0.1) is 5.41 Å². The third kappa shape index (κ3) is 3.87. The molecule has 20 heavy (non-hydrogen) atoms. The Balaban J connectivity index is 1.70. The molecule has 5 heteroatoms. The van der Waals surface area contributed by atoms with E-state index < -0.39 is 11.4 Å². The maximum absolute atomic E-state index is 11.8. The topological polar surface area (TPSA) is 78.4 Å². The van der Waals surface area contributed by atoms with Crippen molar-refractivity contribution in [2.75, 3.05) is 13.1 Å². The zero-order valence-electron chi connectivity index (χ0n) is 12.4. The van der Waals surface area contributed by atoms with Crippen LogP contribution in [-0.2, 0) is 4.79 Å². The maximum atomic E-state index is 11.8.